The lowest BCUT2D eigenvalue weighted by Gasteiger charge is -2.14. The smallest absolute Gasteiger partial charge is 0.320 e. The molecule has 0 saturated carbocycles. The lowest BCUT2D eigenvalue weighted by atomic mass is 9.99. The summed E-state index contributed by atoms with van der Waals surface area (Å²) in [5, 5.41) is 0. The van der Waals surface area contributed by atoms with Crippen LogP contribution in [0.4, 0.5) is 0 Å². The van der Waals surface area contributed by atoms with Gasteiger partial charge in [0.25, 0.3) is 0 Å². The van der Waals surface area contributed by atoms with Gasteiger partial charge in [-0.25, -0.2) is 0 Å². The molecule has 22 heavy (non-hydrogen) atoms. The number of esters is 2. The molecule has 0 unspecified atom stereocenters. The van der Waals surface area contributed by atoms with Gasteiger partial charge in [0.1, 0.15) is 5.75 Å². The van der Waals surface area contributed by atoms with Gasteiger partial charge in [0.2, 0.25) is 0 Å². The quantitative estimate of drug-likeness (QED) is 0.518. The van der Waals surface area contributed by atoms with E-state index in [4.69, 9.17) is 21.1 Å². The molecule has 0 bridgehead atoms. The molecule has 0 fully saturated rings. The first-order chi connectivity index (χ1) is 12.5. The van der Waals surface area contributed by atoms with Crippen LogP contribution in [0, 0.1) is 5.92 Å². The molecular weight excluding hydrogens is 284 g/mol. The van der Waals surface area contributed by atoms with Crippen molar-refractivity contribution in [3.8, 4) is 5.75 Å². The Morgan fingerprint density at radius 3 is 2.23 bits per heavy atom. The third kappa shape index (κ3) is 5.76. The van der Waals surface area contributed by atoms with E-state index >= 15 is 0 Å². The summed E-state index contributed by atoms with van der Waals surface area (Å²) in [6.07, 6.45) is 0.558. The monoisotopic (exact) mass is 313 g/mol. The molecule has 1 aromatic carbocycles. The van der Waals surface area contributed by atoms with E-state index in [1.165, 1.54) is 12.1 Å². The van der Waals surface area contributed by atoms with Crippen LogP contribution in [0.25, 0.3) is 0 Å². The number of hydrogen-bond acceptors (Lipinski definition) is 5. The van der Waals surface area contributed by atoms with Crippen molar-refractivity contribution in [2.24, 2.45) is 5.92 Å². The number of ether oxygens (including phenoxy) is 3. The zero-order valence-corrected chi connectivity index (χ0v) is 12.8. The Hall–Kier alpha value is -2.04. The third-order valence-electron chi connectivity index (χ3n) is 2.96. The summed E-state index contributed by atoms with van der Waals surface area (Å²) in [6.45, 7) is -2.11. The lowest BCUT2D eigenvalue weighted by molar-refractivity contribution is -0.161. The lowest BCUT2D eigenvalue weighted by Crippen LogP contribution is -2.28. The first kappa shape index (κ1) is 11.5. The Kier molecular flexibility index (Phi) is 5.14. The van der Waals surface area contributed by atoms with Gasteiger partial charge in [-0.2, -0.15) is 0 Å². The highest BCUT2D eigenvalue weighted by Crippen LogP contribution is 2.17. The van der Waals surface area contributed by atoms with Crippen molar-refractivity contribution in [2.75, 3.05) is 19.8 Å². The van der Waals surface area contributed by atoms with Gasteiger partial charge < -0.3 is 14.2 Å². The summed E-state index contributed by atoms with van der Waals surface area (Å²) >= 11 is 0. The van der Waals surface area contributed by atoms with E-state index in [9.17, 15) is 9.59 Å². The molecule has 0 aliphatic heterocycles. The van der Waals surface area contributed by atoms with Crippen molar-refractivity contribution in [2.45, 2.75) is 33.5 Å². The van der Waals surface area contributed by atoms with Gasteiger partial charge in [0, 0.05) is 4.11 Å². The minimum Gasteiger partial charge on any atom is -0.494 e. The molecule has 0 saturated heterocycles. The van der Waals surface area contributed by atoms with E-state index < -0.39 is 31.3 Å². The summed E-state index contributed by atoms with van der Waals surface area (Å²) in [5.41, 5.74) is 0.760. The number of carbonyl (C=O) groups excluding carboxylic acids is 2. The van der Waals surface area contributed by atoms with E-state index in [1.807, 2.05) is 0 Å². The van der Waals surface area contributed by atoms with Crippen molar-refractivity contribution in [3.05, 3.63) is 29.8 Å². The van der Waals surface area contributed by atoms with E-state index in [0.29, 0.717) is 6.42 Å². The molecule has 0 heterocycles. The highest BCUT2D eigenvalue weighted by Gasteiger charge is 2.29. The van der Waals surface area contributed by atoms with Crippen LogP contribution in [0.5, 0.6) is 5.75 Å². The minimum atomic E-state index is -2.92. The van der Waals surface area contributed by atoms with Crippen LogP contribution >= 0.6 is 0 Å². The zero-order valence-electron chi connectivity index (χ0n) is 17.8. The Labute approximate surface area is 138 Å². The molecule has 5 nitrogen and oxygen atoms in total. The van der Waals surface area contributed by atoms with E-state index in [0.717, 1.165) is 5.56 Å². The molecule has 0 radical (unpaired) electrons. The number of carbonyl (C=O) groups is 2. The number of hydrogen-bond donors (Lipinski definition) is 0. The van der Waals surface area contributed by atoms with Crippen molar-refractivity contribution in [3.63, 3.8) is 0 Å². The van der Waals surface area contributed by atoms with Crippen molar-refractivity contribution >= 4 is 11.9 Å². The maximum atomic E-state index is 11.9. The summed E-state index contributed by atoms with van der Waals surface area (Å²) in [4.78, 5) is 23.9. The predicted octanol–water partition coefficient (Wildman–Crippen LogP) is 2.76. The predicted molar refractivity (Wildman–Crippen MR) is 82.7 cm³/mol. The molecule has 122 valence electrons. The van der Waals surface area contributed by atoms with Crippen molar-refractivity contribution in [1.29, 1.82) is 0 Å². The van der Waals surface area contributed by atoms with E-state index in [1.54, 1.807) is 26.0 Å². The summed E-state index contributed by atoms with van der Waals surface area (Å²) in [6, 6.07) is 6.09. The summed E-state index contributed by atoms with van der Waals surface area (Å²) in [7, 11) is 0. The van der Waals surface area contributed by atoms with Gasteiger partial charge in [0.15, 0.2) is 5.92 Å². The molecule has 0 amide bonds. The average Bonchev–Trinajstić information content (AvgIpc) is 2.55. The van der Waals surface area contributed by atoms with Crippen molar-refractivity contribution < 1.29 is 30.7 Å². The fraction of sp³-hybridized carbons (Fsp3) is 0.529. The Balaban J connectivity index is 2.75. The van der Waals surface area contributed by atoms with Crippen LogP contribution in [0.2, 0.25) is 0 Å². The van der Waals surface area contributed by atoms with Crippen LogP contribution in [0.15, 0.2) is 24.3 Å². The second kappa shape index (κ2) is 9.82. The SMILES string of the molecule is [2H]C([2H])([2H])C([2H])([2H])Oc1ccc(CCC(C(=O)OCC)C(=O)OCC)cc1. The number of rotatable bonds is 9. The molecule has 0 aliphatic carbocycles. The number of aryl methyl sites for hydroxylation is 1. The van der Waals surface area contributed by atoms with E-state index in [2.05, 4.69) is 0 Å². The summed E-state index contributed by atoms with van der Waals surface area (Å²) in [5.74, 6) is -2.23. The third-order valence-corrected chi connectivity index (χ3v) is 2.96. The van der Waals surface area contributed by atoms with Gasteiger partial charge in [-0.3, -0.25) is 9.59 Å². The second-order valence-electron chi connectivity index (χ2n) is 4.44. The average molecular weight is 313 g/mol. The molecule has 1 rings (SSSR count). The van der Waals surface area contributed by atoms with Crippen LogP contribution in [-0.4, -0.2) is 31.7 Å². The fourth-order valence-corrected chi connectivity index (χ4v) is 1.91. The van der Waals surface area contributed by atoms with Gasteiger partial charge >= 0.3 is 11.9 Å². The highest BCUT2D eigenvalue weighted by atomic mass is 16.6. The molecule has 0 spiro atoms. The standard InChI is InChI=1S/C17H24O5/c1-4-20-14-10-7-13(8-11-14)9-12-15(16(18)21-5-2)17(19)22-6-3/h7-8,10-11,15H,4-6,9,12H2,1-3H3/i1D3,4D2. The van der Waals surface area contributed by atoms with Gasteiger partial charge in [0.05, 0.1) is 22.5 Å². The zero-order chi connectivity index (χ0) is 20.7. The molecule has 5 heteroatoms. The molecule has 1 aromatic rings. The normalized spacial score (nSPS) is 15.0. The van der Waals surface area contributed by atoms with Gasteiger partial charge in [-0.1, -0.05) is 12.1 Å². The highest BCUT2D eigenvalue weighted by molar-refractivity contribution is 5.94. The van der Waals surface area contributed by atoms with Gasteiger partial charge in [-0.05, 0) is 51.2 Å². The first-order valence-corrected chi connectivity index (χ1v) is 7.13. The first-order valence-electron chi connectivity index (χ1n) is 9.63. The summed E-state index contributed by atoms with van der Waals surface area (Å²) < 4.78 is 51.1. The Morgan fingerprint density at radius 2 is 1.73 bits per heavy atom. The van der Waals surface area contributed by atoms with E-state index in [-0.39, 0.29) is 25.4 Å². The largest absolute Gasteiger partial charge is 0.494 e. The minimum absolute atomic E-state index is 0.0622. The topological polar surface area (TPSA) is 61.8 Å². The second-order valence-corrected chi connectivity index (χ2v) is 4.44. The maximum Gasteiger partial charge on any atom is 0.320 e. The molecule has 0 atom stereocenters. The molecule has 0 N–H and O–H groups in total. The fourth-order valence-electron chi connectivity index (χ4n) is 1.91. The van der Waals surface area contributed by atoms with Crippen molar-refractivity contribution in [1.82, 2.24) is 0 Å². The van der Waals surface area contributed by atoms with Crippen LogP contribution < -0.4 is 4.74 Å². The Bertz CT molecular complexity index is 610. The number of benzene rings is 1. The maximum absolute atomic E-state index is 11.9. The Morgan fingerprint density at radius 1 is 1.14 bits per heavy atom. The molecular formula is C17H24O5. The molecule has 0 aromatic heterocycles. The van der Waals surface area contributed by atoms with Crippen LogP contribution in [0.3, 0.4) is 0 Å². The van der Waals surface area contributed by atoms with Gasteiger partial charge in [-0.15, -0.1) is 0 Å². The molecule has 0 aliphatic rings. The van der Waals surface area contributed by atoms with Crippen LogP contribution in [0.1, 0.15) is 39.5 Å². The van der Waals surface area contributed by atoms with Crippen LogP contribution in [-0.2, 0) is 25.5 Å².